The number of hydrogen-bond donors (Lipinski definition) is 1. The molecular formula is C14H22N2. The predicted molar refractivity (Wildman–Crippen MR) is 69.3 cm³/mol. The van der Waals surface area contributed by atoms with Crippen LogP contribution in [0, 0.1) is 6.92 Å². The third-order valence-corrected chi connectivity index (χ3v) is 3.79. The molecule has 2 rings (SSSR count). The van der Waals surface area contributed by atoms with Crippen LogP contribution >= 0.6 is 0 Å². The average Bonchev–Trinajstić information content (AvgIpc) is 2.52. The van der Waals surface area contributed by atoms with Crippen molar-refractivity contribution in [2.75, 3.05) is 12.3 Å². The van der Waals surface area contributed by atoms with E-state index in [2.05, 4.69) is 43.9 Å². The molecule has 1 aromatic rings. The van der Waals surface area contributed by atoms with Crippen LogP contribution in [0.4, 0.5) is 5.69 Å². The highest BCUT2D eigenvalue weighted by Gasteiger charge is 2.31. The van der Waals surface area contributed by atoms with Gasteiger partial charge in [0, 0.05) is 17.8 Å². The van der Waals surface area contributed by atoms with E-state index in [9.17, 15) is 0 Å². The van der Waals surface area contributed by atoms with Crippen LogP contribution in [0.3, 0.4) is 0 Å². The van der Waals surface area contributed by atoms with Crippen molar-refractivity contribution in [3.05, 3.63) is 29.3 Å². The Bertz CT molecular complexity index is 382. The molecule has 1 heterocycles. The van der Waals surface area contributed by atoms with Crippen molar-refractivity contribution in [2.45, 2.75) is 45.7 Å². The number of hydrogen-bond acceptors (Lipinski definition) is 2. The molecule has 0 aliphatic carbocycles. The van der Waals surface area contributed by atoms with Gasteiger partial charge in [-0.15, -0.1) is 0 Å². The van der Waals surface area contributed by atoms with Gasteiger partial charge in [-0.05, 0) is 57.4 Å². The normalized spacial score (nSPS) is 20.2. The molecule has 0 atom stereocenters. The highest BCUT2D eigenvalue weighted by molar-refractivity contribution is 5.48. The lowest BCUT2D eigenvalue weighted by Gasteiger charge is -2.31. The van der Waals surface area contributed by atoms with Crippen molar-refractivity contribution in [1.29, 1.82) is 0 Å². The minimum Gasteiger partial charge on any atom is -0.399 e. The fourth-order valence-corrected chi connectivity index (χ4v) is 2.47. The number of nitrogens with two attached hydrogens (primary N) is 1. The maximum absolute atomic E-state index is 5.94. The van der Waals surface area contributed by atoms with Crippen LogP contribution in [0.2, 0.25) is 0 Å². The Morgan fingerprint density at radius 1 is 1.38 bits per heavy atom. The number of rotatable bonds is 2. The fraction of sp³-hybridized carbons (Fsp3) is 0.571. The SMILES string of the molecule is Cc1ccc(CN2CCCC2(C)C)cc1N. The summed E-state index contributed by atoms with van der Waals surface area (Å²) in [4.78, 5) is 2.55. The molecular weight excluding hydrogens is 196 g/mol. The zero-order valence-electron chi connectivity index (χ0n) is 10.6. The molecule has 0 spiro atoms. The number of aryl methyl sites for hydroxylation is 1. The van der Waals surface area contributed by atoms with E-state index in [4.69, 9.17) is 5.73 Å². The second-order valence-corrected chi connectivity index (χ2v) is 5.53. The van der Waals surface area contributed by atoms with E-state index in [1.807, 2.05) is 0 Å². The van der Waals surface area contributed by atoms with E-state index in [0.29, 0.717) is 5.54 Å². The number of nitrogen functional groups attached to an aromatic ring is 1. The Hall–Kier alpha value is -1.02. The quantitative estimate of drug-likeness (QED) is 0.773. The summed E-state index contributed by atoms with van der Waals surface area (Å²) in [6.07, 6.45) is 2.61. The molecule has 0 aromatic heterocycles. The van der Waals surface area contributed by atoms with E-state index < -0.39 is 0 Å². The highest BCUT2D eigenvalue weighted by atomic mass is 15.2. The van der Waals surface area contributed by atoms with Gasteiger partial charge < -0.3 is 5.73 Å². The van der Waals surface area contributed by atoms with Crippen molar-refractivity contribution in [2.24, 2.45) is 0 Å². The second kappa shape index (κ2) is 4.10. The number of benzene rings is 1. The summed E-state index contributed by atoms with van der Waals surface area (Å²) >= 11 is 0. The molecule has 88 valence electrons. The molecule has 0 radical (unpaired) electrons. The van der Waals surface area contributed by atoms with Gasteiger partial charge in [-0.1, -0.05) is 12.1 Å². The highest BCUT2D eigenvalue weighted by Crippen LogP contribution is 2.30. The molecule has 1 saturated heterocycles. The van der Waals surface area contributed by atoms with E-state index in [1.165, 1.54) is 30.5 Å². The number of anilines is 1. The molecule has 0 unspecified atom stereocenters. The summed E-state index contributed by atoms with van der Waals surface area (Å²) in [5.74, 6) is 0. The molecule has 2 N–H and O–H groups in total. The molecule has 0 saturated carbocycles. The molecule has 0 amide bonds. The first kappa shape index (κ1) is 11.5. The standard InChI is InChI=1S/C14H22N2/c1-11-5-6-12(9-13(11)15)10-16-8-4-7-14(16,2)3/h5-6,9H,4,7-8,10,15H2,1-3H3. The maximum atomic E-state index is 5.94. The van der Waals surface area contributed by atoms with Gasteiger partial charge in [-0.25, -0.2) is 0 Å². The van der Waals surface area contributed by atoms with Gasteiger partial charge in [0.2, 0.25) is 0 Å². The largest absolute Gasteiger partial charge is 0.399 e. The molecule has 0 bridgehead atoms. The zero-order chi connectivity index (χ0) is 11.8. The van der Waals surface area contributed by atoms with Gasteiger partial charge >= 0.3 is 0 Å². The number of nitrogens with zero attached hydrogens (tertiary/aromatic N) is 1. The van der Waals surface area contributed by atoms with Crippen molar-refractivity contribution in [3.63, 3.8) is 0 Å². The van der Waals surface area contributed by atoms with Crippen molar-refractivity contribution < 1.29 is 0 Å². The van der Waals surface area contributed by atoms with Crippen LogP contribution in [0.1, 0.15) is 37.8 Å². The summed E-state index contributed by atoms with van der Waals surface area (Å²) in [6.45, 7) is 8.95. The van der Waals surface area contributed by atoms with E-state index in [1.54, 1.807) is 0 Å². The van der Waals surface area contributed by atoms with Crippen molar-refractivity contribution in [3.8, 4) is 0 Å². The van der Waals surface area contributed by atoms with Crippen LogP contribution in [-0.4, -0.2) is 17.0 Å². The summed E-state index contributed by atoms with van der Waals surface area (Å²) < 4.78 is 0. The van der Waals surface area contributed by atoms with Crippen LogP contribution in [0.25, 0.3) is 0 Å². The predicted octanol–water partition coefficient (Wildman–Crippen LogP) is 2.95. The molecule has 1 aliphatic heterocycles. The Kier molecular flexibility index (Phi) is 2.94. The first-order valence-electron chi connectivity index (χ1n) is 6.09. The minimum atomic E-state index is 0.347. The van der Waals surface area contributed by atoms with E-state index in [0.717, 1.165) is 12.2 Å². The summed E-state index contributed by atoms with van der Waals surface area (Å²) in [5, 5.41) is 0. The summed E-state index contributed by atoms with van der Waals surface area (Å²) in [6, 6.07) is 6.43. The second-order valence-electron chi connectivity index (χ2n) is 5.53. The zero-order valence-corrected chi connectivity index (χ0v) is 10.6. The molecule has 1 fully saturated rings. The lowest BCUT2D eigenvalue weighted by molar-refractivity contribution is 0.166. The Morgan fingerprint density at radius 2 is 2.12 bits per heavy atom. The van der Waals surface area contributed by atoms with Crippen molar-refractivity contribution in [1.82, 2.24) is 4.90 Å². The van der Waals surface area contributed by atoms with E-state index in [-0.39, 0.29) is 0 Å². The Morgan fingerprint density at radius 3 is 2.69 bits per heavy atom. The topological polar surface area (TPSA) is 29.3 Å². The van der Waals surface area contributed by atoms with Crippen LogP contribution < -0.4 is 5.73 Å². The molecule has 2 nitrogen and oxygen atoms in total. The van der Waals surface area contributed by atoms with Gasteiger partial charge in [0.05, 0.1) is 0 Å². The van der Waals surface area contributed by atoms with Gasteiger partial charge in [-0.3, -0.25) is 4.90 Å². The maximum Gasteiger partial charge on any atom is 0.0346 e. The van der Waals surface area contributed by atoms with Crippen molar-refractivity contribution >= 4 is 5.69 Å². The third kappa shape index (κ3) is 2.22. The number of likely N-dealkylation sites (tertiary alicyclic amines) is 1. The molecule has 1 aliphatic rings. The third-order valence-electron chi connectivity index (χ3n) is 3.79. The Balaban J connectivity index is 2.12. The first-order chi connectivity index (χ1) is 7.49. The lowest BCUT2D eigenvalue weighted by atomic mass is 10.0. The van der Waals surface area contributed by atoms with Crippen LogP contribution in [0.5, 0.6) is 0 Å². The van der Waals surface area contributed by atoms with Crippen LogP contribution in [0.15, 0.2) is 18.2 Å². The molecule has 1 aromatic carbocycles. The first-order valence-corrected chi connectivity index (χ1v) is 6.09. The monoisotopic (exact) mass is 218 g/mol. The van der Waals surface area contributed by atoms with Crippen LogP contribution in [-0.2, 0) is 6.54 Å². The average molecular weight is 218 g/mol. The summed E-state index contributed by atoms with van der Waals surface area (Å²) in [7, 11) is 0. The van der Waals surface area contributed by atoms with E-state index >= 15 is 0 Å². The van der Waals surface area contributed by atoms with Gasteiger partial charge in [-0.2, -0.15) is 0 Å². The van der Waals surface area contributed by atoms with Gasteiger partial charge in [0.25, 0.3) is 0 Å². The van der Waals surface area contributed by atoms with Gasteiger partial charge in [0.15, 0.2) is 0 Å². The minimum absolute atomic E-state index is 0.347. The fourth-order valence-electron chi connectivity index (χ4n) is 2.47. The summed E-state index contributed by atoms with van der Waals surface area (Å²) in [5.41, 5.74) is 9.70. The van der Waals surface area contributed by atoms with Gasteiger partial charge in [0.1, 0.15) is 0 Å². The smallest absolute Gasteiger partial charge is 0.0346 e. The molecule has 16 heavy (non-hydrogen) atoms. The Labute approximate surface area is 98.4 Å². The molecule has 2 heteroatoms. The lowest BCUT2D eigenvalue weighted by Crippen LogP contribution is -2.37.